The summed E-state index contributed by atoms with van der Waals surface area (Å²) in [5, 5.41) is 2.38. The molecule has 96 valence electrons. The minimum atomic E-state index is -1.38. The second-order valence-corrected chi connectivity index (χ2v) is 11.0. The van der Waals surface area contributed by atoms with Crippen LogP contribution in [0.2, 0.25) is 19.6 Å². The molecule has 1 aromatic heterocycles. The van der Waals surface area contributed by atoms with Gasteiger partial charge in [0.2, 0.25) is 0 Å². The van der Waals surface area contributed by atoms with Gasteiger partial charge in [0, 0.05) is 5.39 Å². The standard InChI is InChI=1S/C17H18OSi/c1-19(2,3)17-12-15-10-9-14(11-16(15)18-17)13-7-5-4-6-8-13/h4-12H,1-3H3. The average Bonchev–Trinajstić information content (AvgIpc) is 2.82. The molecule has 0 spiro atoms. The van der Waals surface area contributed by atoms with Gasteiger partial charge in [0.15, 0.2) is 0 Å². The molecule has 3 aromatic rings. The van der Waals surface area contributed by atoms with Crippen LogP contribution in [0.4, 0.5) is 0 Å². The molecular formula is C17H18OSi. The molecular weight excluding hydrogens is 248 g/mol. The van der Waals surface area contributed by atoms with Crippen molar-refractivity contribution in [1.82, 2.24) is 0 Å². The Balaban J connectivity index is 2.11. The van der Waals surface area contributed by atoms with Crippen LogP contribution in [0, 0.1) is 0 Å². The van der Waals surface area contributed by atoms with Gasteiger partial charge in [-0.3, -0.25) is 0 Å². The van der Waals surface area contributed by atoms with E-state index in [-0.39, 0.29) is 0 Å². The normalized spacial score (nSPS) is 11.9. The summed E-state index contributed by atoms with van der Waals surface area (Å²) in [6.45, 7) is 6.93. The maximum atomic E-state index is 6.06. The predicted octanol–water partition coefficient (Wildman–Crippen LogP) is 4.65. The van der Waals surface area contributed by atoms with Crippen LogP contribution in [0.15, 0.2) is 59.0 Å². The molecule has 1 nitrogen and oxygen atoms in total. The van der Waals surface area contributed by atoms with Gasteiger partial charge in [-0.05, 0) is 23.3 Å². The van der Waals surface area contributed by atoms with Gasteiger partial charge in [0.1, 0.15) is 13.7 Å². The highest BCUT2D eigenvalue weighted by molar-refractivity contribution is 6.87. The van der Waals surface area contributed by atoms with Crippen molar-refractivity contribution in [2.75, 3.05) is 0 Å². The molecule has 0 fully saturated rings. The zero-order chi connectivity index (χ0) is 13.5. The Morgan fingerprint density at radius 3 is 2.21 bits per heavy atom. The Labute approximate surface area is 114 Å². The third-order valence-corrected chi connectivity index (χ3v) is 5.09. The van der Waals surface area contributed by atoms with Gasteiger partial charge in [-0.2, -0.15) is 0 Å². The average molecular weight is 266 g/mol. The van der Waals surface area contributed by atoms with Gasteiger partial charge in [0.05, 0.1) is 5.38 Å². The number of hydrogen-bond acceptors (Lipinski definition) is 1. The predicted molar refractivity (Wildman–Crippen MR) is 84.6 cm³/mol. The molecule has 3 rings (SSSR count). The maximum absolute atomic E-state index is 6.06. The van der Waals surface area contributed by atoms with Crippen LogP contribution in [0.25, 0.3) is 22.1 Å². The van der Waals surface area contributed by atoms with E-state index in [0.29, 0.717) is 0 Å². The minimum absolute atomic E-state index is 0.999. The fraction of sp³-hybridized carbons (Fsp3) is 0.176. The van der Waals surface area contributed by atoms with Crippen LogP contribution in [0.3, 0.4) is 0 Å². The van der Waals surface area contributed by atoms with Crippen molar-refractivity contribution in [2.45, 2.75) is 19.6 Å². The summed E-state index contributed by atoms with van der Waals surface area (Å²) in [5.41, 5.74) is 3.44. The molecule has 0 aliphatic rings. The summed E-state index contributed by atoms with van der Waals surface area (Å²) in [6.07, 6.45) is 0. The number of furan rings is 1. The summed E-state index contributed by atoms with van der Waals surface area (Å²) < 4.78 is 6.06. The number of fused-ring (bicyclic) bond motifs is 1. The molecule has 0 atom stereocenters. The van der Waals surface area contributed by atoms with E-state index in [4.69, 9.17) is 4.42 Å². The first kappa shape index (κ1) is 12.2. The first-order valence-corrected chi connectivity index (χ1v) is 10.1. The van der Waals surface area contributed by atoms with E-state index in [9.17, 15) is 0 Å². The minimum Gasteiger partial charge on any atom is -0.466 e. The van der Waals surface area contributed by atoms with Crippen LogP contribution in [0.1, 0.15) is 0 Å². The van der Waals surface area contributed by atoms with E-state index in [2.05, 4.69) is 68.2 Å². The lowest BCUT2D eigenvalue weighted by Crippen LogP contribution is -2.36. The van der Waals surface area contributed by atoms with E-state index in [1.165, 1.54) is 21.9 Å². The molecule has 2 aromatic carbocycles. The molecule has 0 saturated heterocycles. The zero-order valence-electron chi connectivity index (χ0n) is 11.6. The van der Waals surface area contributed by atoms with Crippen molar-refractivity contribution < 1.29 is 4.42 Å². The third kappa shape index (κ3) is 2.36. The molecule has 1 heterocycles. The highest BCUT2D eigenvalue weighted by atomic mass is 28.3. The lowest BCUT2D eigenvalue weighted by Gasteiger charge is -2.10. The Morgan fingerprint density at radius 1 is 0.789 bits per heavy atom. The highest BCUT2D eigenvalue weighted by Gasteiger charge is 2.21. The largest absolute Gasteiger partial charge is 0.466 e. The van der Waals surface area contributed by atoms with Gasteiger partial charge >= 0.3 is 0 Å². The van der Waals surface area contributed by atoms with Crippen molar-refractivity contribution >= 4 is 24.4 Å². The van der Waals surface area contributed by atoms with Gasteiger partial charge < -0.3 is 4.42 Å². The molecule has 0 aliphatic heterocycles. The summed E-state index contributed by atoms with van der Waals surface area (Å²) >= 11 is 0. The van der Waals surface area contributed by atoms with Crippen LogP contribution >= 0.6 is 0 Å². The summed E-state index contributed by atoms with van der Waals surface area (Å²) in [4.78, 5) is 0. The fourth-order valence-corrected chi connectivity index (χ4v) is 3.22. The fourth-order valence-electron chi connectivity index (χ4n) is 2.21. The summed E-state index contributed by atoms with van der Waals surface area (Å²) in [6, 6.07) is 19.1. The van der Waals surface area contributed by atoms with Crippen LogP contribution < -0.4 is 5.38 Å². The molecule has 0 amide bonds. The van der Waals surface area contributed by atoms with E-state index in [0.717, 1.165) is 5.58 Å². The Bertz CT molecular complexity index is 705. The summed E-state index contributed by atoms with van der Waals surface area (Å²) in [7, 11) is -1.38. The van der Waals surface area contributed by atoms with Gasteiger partial charge in [-0.1, -0.05) is 62.1 Å². The summed E-state index contributed by atoms with van der Waals surface area (Å²) in [5.74, 6) is 0. The lowest BCUT2D eigenvalue weighted by atomic mass is 10.1. The lowest BCUT2D eigenvalue weighted by molar-refractivity contribution is 0.648. The topological polar surface area (TPSA) is 13.1 Å². The Hall–Kier alpha value is -1.80. The maximum Gasteiger partial charge on any atom is 0.134 e. The Kier molecular flexibility index (Phi) is 2.83. The van der Waals surface area contributed by atoms with Crippen LogP contribution in [0.5, 0.6) is 0 Å². The molecule has 0 aliphatic carbocycles. The van der Waals surface area contributed by atoms with E-state index < -0.39 is 8.07 Å². The van der Waals surface area contributed by atoms with Crippen molar-refractivity contribution in [2.24, 2.45) is 0 Å². The first-order chi connectivity index (χ1) is 9.04. The van der Waals surface area contributed by atoms with Gasteiger partial charge in [0.25, 0.3) is 0 Å². The van der Waals surface area contributed by atoms with Crippen molar-refractivity contribution in [3.63, 3.8) is 0 Å². The quantitative estimate of drug-likeness (QED) is 0.616. The smallest absolute Gasteiger partial charge is 0.134 e. The number of benzene rings is 2. The number of rotatable bonds is 2. The van der Waals surface area contributed by atoms with E-state index in [1.54, 1.807) is 0 Å². The first-order valence-electron chi connectivity index (χ1n) is 6.63. The van der Waals surface area contributed by atoms with Crippen LogP contribution in [-0.4, -0.2) is 8.07 Å². The molecule has 19 heavy (non-hydrogen) atoms. The molecule has 0 radical (unpaired) electrons. The van der Waals surface area contributed by atoms with Gasteiger partial charge in [-0.25, -0.2) is 0 Å². The zero-order valence-corrected chi connectivity index (χ0v) is 12.6. The molecule has 0 unspecified atom stereocenters. The van der Waals surface area contributed by atoms with Crippen LogP contribution in [-0.2, 0) is 0 Å². The van der Waals surface area contributed by atoms with Gasteiger partial charge in [-0.15, -0.1) is 0 Å². The van der Waals surface area contributed by atoms with E-state index >= 15 is 0 Å². The second-order valence-electron chi connectivity index (χ2n) is 5.98. The van der Waals surface area contributed by atoms with Crippen molar-refractivity contribution in [3.8, 4) is 11.1 Å². The molecule has 2 heteroatoms. The monoisotopic (exact) mass is 266 g/mol. The molecule has 0 saturated carbocycles. The van der Waals surface area contributed by atoms with Crippen molar-refractivity contribution in [3.05, 3.63) is 54.6 Å². The second kappa shape index (κ2) is 4.39. The SMILES string of the molecule is C[Si](C)(C)c1cc2ccc(-c3ccccc3)cc2o1. The third-order valence-electron chi connectivity index (χ3n) is 3.37. The molecule has 0 bridgehead atoms. The van der Waals surface area contributed by atoms with E-state index in [1.807, 2.05) is 6.07 Å². The Morgan fingerprint density at radius 2 is 1.53 bits per heavy atom. The number of hydrogen-bond donors (Lipinski definition) is 0. The van der Waals surface area contributed by atoms with Crippen molar-refractivity contribution in [1.29, 1.82) is 0 Å². The highest BCUT2D eigenvalue weighted by Crippen LogP contribution is 2.25. The molecule has 0 N–H and O–H groups in total.